The lowest BCUT2D eigenvalue weighted by Crippen LogP contribution is -2.48. The molecule has 0 aromatic rings. The lowest BCUT2D eigenvalue weighted by Gasteiger charge is -2.30. The number of unbranched alkanes of at least 4 members (excludes halogenated alkanes) is 3. The van der Waals surface area contributed by atoms with E-state index in [1.807, 2.05) is 20.8 Å². The molecule has 0 radical (unpaired) electrons. The van der Waals surface area contributed by atoms with Crippen LogP contribution in [0.25, 0.3) is 0 Å². The fourth-order valence-electron chi connectivity index (χ4n) is 2.12. The molecule has 0 aliphatic carbocycles. The van der Waals surface area contributed by atoms with Gasteiger partial charge in [-0.05, 0) is 19.3 Å². The highest BCUT2D eigenvalue weighted by Crippen LogP contribution is 2.25. The summed E-state index contributed by atoms with van der Waals surface area (Å²) in [5.74, 6) is -2.06. The lowest BCUT2D eigenvalue weighted by atomic mass is 9.94. The maximum atomic E-state index is 12.6. The zero-order valence-electron chi connectivity index (χ0n) is 15.8. The van der Waals surface area contributed by atoms with Gasteiger partial charge in [0, 0.05) is 6.61 Å². The number of primary amides is 1. The molecule has 0 bridgehead atoms. The first-order valence-electron chi connectivity index (χ1n) is 9.16. The van der Waals surface area contributed by atoms with E-state index < -0.39 is 29.9 Å². The highest BCUT2D eigenvalue weighted by Gasteiger charge is 2.45. The molecule has 146 valence electrons. The predicted molar refractivity (Wildman–Crippen MR) is 93.8 cm³/mol. The second kappa shape index (κ2) is 13.6. The Morgan fingerprint density at radius 1 is 0.800 bits per heavy atom. The SMILES string of the molecule is CCCCOC(=O)CC(CC(N)=O)(OCCCC)C(=O)OCCCC. The third-order valence-corrected chi connectivity index (χ3v) is 3.63. The molecule has 0 aromatic heterocycles. The Bertz CT molecular complexity index is 412. The second-order valence-corrected chi connectivity index (χ2v) is 6.08. The van der Waals surface area contributed by atoms with Gasteiger partial charge in [0.25, 0.3) is 0 Å². The summed E-state index contributed by atoms with van der Waals surface area (Å²) in [6.45, 7) is 6.61. The molecular weight excluding hydrogens is 326 g/mol. The number of hydrogen-bond acceptors (Lipinski definition) is 6. The van der Waals surface area contributed by atoms with Crippen molar-refractivity contribution in [1.82, 2.24) is 0 Å². The molecule has 0 fully saturated rings. The van der Waals surface area contributed by atoms with Crippen molar-refractivity contribution in [3.8, 4) is 0 Å². The Morgan fingerprint density at radius 3 is 1.84 bits per heavy atom. The maximum Gasteiger partial charge on any atom is 0.339 e. The van der Waals surface area contributed by atoms with Crippen LogP contribution in [0.2, 0.25) is 0 Å². The van der Waals surface area contributed by atoms with Crippen molar-refractivity contribution in [2.24, 2.45) is 5.73 Å². The van der Waals surface area contributed by atoms with E-state index in [9.17, 15) is 14.4 Å². The quantitative estimate of drug-likeness (QED) is 0.356. The normalized spacial score (nSPS) is 13.1. The molecule has 7 heteroatoms. The van der Waals surface area contributed by atoms with E-state index in [1.165, 1.54) is 0 Å². The van der Waals surface area contributed by atoms with Crippen molar-refractivity contribution < 1.29 is 28.6 Å². The highest BCUT2D eigenvalue weighted by molar-refractivity contribution is 5.91. The van der Waals surface area contributed by atoms with E-state index in [-0.39, 0.29) is 26.2 Å². The van der Waals surface area contributed by atoms with Crippen LogP contribution >= 0.6 is 0 Å². The maximum absolute atomic E-state index is 12.6. The van der Waals surface area contributed by atoms with E-state index in [0.29, 0.717) is 12.8 Å². The number of rotatable bonds is 15. The summed E-state index contributed by atoms with van der Waals surface area (Å²) >= 11 is 0. The van der Waals surface area contributed by atoms with E-state index in [1.54, 1.807) is 0 Å². The average Bonchev–Trinajstić information content (AvgIpc) is 2.54. The molecule has 1 amide bonds. The third-order valence-electron chi connectivity index (χ3n) is 3.63. The first-order chi connectivity index (χ1) is 11.9. The van der Waals surface area contributed by atoms with E-state index in [4.69, 9.17) is 19.9 Å². The Balaban J connectivity index is 5.17. The van der Waals surface area contributed by atoms with Crippen LogP contribution in [0.3, 0.4) is 0 Å². The largest absolute Gasteiger partial charge is 0.466 e. The molecule has 0 rings (SSSR count). The lowest BCUT2D eigenvalue weighted by molar-refractivity contribution is -0.182. The van der Waals surface area contributed by atoms with Crippen molar-refractivity contribution in [1.29, 1.82) is 0 Å². The van der Waals surface area contributed by atoms with E-state index >= 15 is 0 Å². The minimum absolute atomic E-state index is 0.206. The Labute approximate surface area is 150 Å². The summed E-state index contributed by atoms with van der Waals surface area (Å²) in [7, 11) is 0. The van der Waals surface area contributed by atoms with Gasteiger partial charge in [0.2, 0.25) is 5.91 Å². The first-order valence-corrected chi connectivity index (χ1v) is 9.16. The Morgan fingerprint density at radius 2 is 1.32 bits per heavy atom. The minimum atomic E-state index is -1.71. The molecule has 0 saturated heterocycles. The molecular formula is C18H33NO6. The van der Waals surface area contributed by atoms with Crippen LogP contribution in [-0.4, -0.2) is 43.3 Å². The van der Waals surface area contributed by atoms with Crippen molar-refractivity contribution in [3.63, 3.8) is 0 Å². The van der Waals surface area contributed by atoms with Crippen molar-refractivity contribution in [2.45, 2.75) is 77.7 Å². The molecule has 1 atom stereocenters. The summed E-state index contributed by atoms with van der Waals surface area (Å²) in [5, 5.41) is 0. The fraction of sp³-hybridized carbons (Fsp3) is 0.833. The van der Waals surface area contributed by atoms with Crippen molar-refractivity contribution in [2.75, 3.05) is 19.8 Å². The fourth-order valence-corrected chi connectivity index (χ4v) is 2.12. The van der Waals surface area contributed by atoms with Crippen LogP contribution in [0.1, 0.15) is 72.1 Å². The number of hydrogen-bond donors (Lipinski definition) is 1. The van der Waals surface area contributed by atoms with Crippen LogP contribution in [-0.2, 0) is 28.6 Å². The number of amides is 1. The van der Waals surface area contributed by atoms with Crippen LogP contribution in [0.15, 0.2) is 0 Å². The van der Waals surface area contributed by atoms with Gasteiger partial charge in [0.15, 0.2) is 5.60 Å². The molecule has 25 heavy (non-hydrogen) atoms. The van der Waals surface area contributed by atoms with Gasteiger partial charge in [0.05, 0.1) is 26.1 Å². The standard InChI is InChI=1S/C18H33NO6/c1-4-7-10-23-16(21)14-18(13-15(19)20,25-12-9-6-3)17(22)24-11-8-5-2/h4-14H2,1-3H3,(H2,19,20). The molecule has 0 saturated carbocycles. The van der Waals surface area contributed by atoms with E-state index in [2.05, 4.69) is 0 Å². The number of ether oxygens (including phenoxy) is 3. The summed E-state index contributed by atoms with van der Waals surface area (Å²) in [6.07, 6.45) is 3.89. The zero-order chi connectivity index (χ0) is 19.1. The van der Waals surface area contributed by atoms with Gasteiger partial charge in [-0.15, -0.1) is 0 Å². The number of esters is 2. The molecule has 0 spiro atoms. The molecule has 0 aromatic carbocycles. The monoisotopic (exact) mass is 359 g/mol. The summed E-state index contributed by atoms with van der Waals surface area (Å²) in [5.41, 5.74) is 3.58. The Hall–Kier alpha value is -1.63. The molecule has 2 N–H and O–H groups in total. The van der Waals surface area contributed by atoms with Crippen molar-refractivity contribution in [3.05, 3.63) is 0 Å². The second-order valence-electron chi connectivity index (χ2n) is 6.08. The molecule has 0 heterocycles. The number of carbonyl (C=O) groups is 3. The smallest absolute Gasteiger partial charge is 0.339 e. The topological polar surface area (TPSA) is 105 Å². The van der Waals surface area contributed by atoms with E-state index in [0.717, 1.165) is 25.7 Å². The summed E-state index contributed by atoms with van der Waals surface area (Å²) in [6, 6.07) is 0. The third kappa shape index (κ3) is 10.1. The molecule has 0 aliphatic heterocycles. The predicted octanol–water partition coefficient (Wildman–Crippen LogP) is 2.49. The Kier molecular flexibility index (Phi) is 12.7. The molecule has 7 nitrogen and oxygen atoms in total. The van der Waals surface area contributed by atoms with Gasteiger partial charge in [-0.1, -0.05) is 40.0 Å². The minimum Gasteiger partial charge on any atom is -0.466 e. The van der Waals surface area contributed by atoms with Crippen LogP contribution in [0.5, 0.6) is 0 Å². The van der Waals surface area contributed by atoms with Gasteiger partial charge in [-0.2, -0.15) is 0 Å². The van der Waals surface area contributed by atoms with Crippen LogP contribution in [0.4, 0.5) is 0 Å². The summed E-state index contributed by atoms with van der Waals surface area (Å²) in [4.78, 5) is 36.2. The van der Waals surface area contributed by atoms with Gasteiger partial charge < -0.3 is 19.9 Å². The molecule has 1 unspecified atom stereocenters. The average molecular weight is 359 g/mol. The van der Waals surface area contributed by atoms with Gasteiger partial charge in [-0.3, -0.25) is 9.59 Å². The number of carbonyl (C=O) groups excluding carboxylic acids is 3. The molecule has 0 aliphatic rings. The van der Waals surface area contributed by atoms with Crippen molar-refractivity contribution >= 4 is 17.8 Å². The van der Waals surface area contributed by atoms with Gasteiger partial charge in [0.1, 0.15) is 0 Å². The summed E-state index contributed by atoms with van der Waals surface area (Å²) < 4.78 is 16.0. The first kappa shape index (κ1) is 23.4. The van der Waals surface area contributed by atoms with Crippen LogP contribution < -0.4 is 5.73 Å². The van der Waals surface area contributed by atoms with Crippen LogP contribution in [0, 0.1) is 0 Å². The highest BCUT2D eigenvalue weighted by atomic mass is 16.6. The number of nitrogens with two attached hydrogens (primary N) is 1. The van der Waals surface area contributed by atoms with Gasteiger partial charge in [-0.25, -0.2) is 4.79 Å². The van der Waals surface area contributed by atoms with Gasteiger partial charge >= 0.3 is 11.9 Å². The zero-order valence-corrected chi connectivity index (χ0v) is 15.8.